The molecule has 0 aromatic heterocycles. The molecule has 0 atom stereocenters. The zero-order chi connectivity index (χ0) is 16.7. The number of hydrogen-bond acceptors (Lipinski definition) is 6. The van der Waals surface area contributed by atoms with Crippen LogP contribution >= 0.6 is 0 Å². The van der Waals surface area contributed by atoms with Crippen LogP contribution in [-0.2, 0) is 23.7 Å². The van der Waals surface area contributed by atoms with Gasteiger partial charge in [-0.05, 0) is 19.3 Å². The second-order valence-electron chi connectivity index (χ2n) is 5.04. The Morgan fingerprint density at radius 2 is 1.18 bits per heavy atom. The molecule has 0 saturated carbocycles. The van der Waals surface area contributed by atoms with Crippen LogP contribution in [0.5, 0.6) is 0 Å². The van der Waals surface area contributed by atoms with Crippen LogP contribution in [0.1, 0.15) is 40.0 Å². The SMILES string of the molecule is CCC(CC)(CC)C(=O)OCCOCCOCCOCCO. The Labute approximate surface area is 134 Å². The fourth-order valence-electron chi connectivity index (χ4n) is 2.14. The van der Waals surface area contributed by atoms with Gasteiger partial charge in [0.15, 0.2) is 0 Å². The third-order valence-electron chi connectivity index (χ3n) is 3.90. The van der Waals surface area contributed by atoms with Gasteiger partial charge in [-0.1, -0.05) is 20.8 Å². The summed E-state index contributed by atoms with van der Waals surface area (Å²) in [6.45, 7) is 8.94. The van der Waals surface area contributed by atoms with Crippen molar-refractivity contribution >= 4 is 5.97 Å². The number of ether oxygens (including phenoxy) is 4. The first-order chi connectivity index (χ1) is 10.7. The van der Waals surface area contributed by atoms with E-state index in [1.54, 1.807) is 0 Å². The predicted octanol–water partition coefficient (Wildman–Crippen LogP) is 1.79. The summed E-state index contributed by atoms with van der Waals surface area (Å²) in [4.78, 5) is 12.1. The molecule has 22 heavy (non-hydrogen) atoms. The highest BCUT2D eigenvalue weighted by atomic mass is 16.6. The Kier molecular flexibility index (Phi) is 13.5. The van der Waals surface area contributed by atoms with Gasteiger partial charge < -0.3 is 24.1 Å². The monoisotopic (exact) mass is 320 g/mol. The number of esters is 1. The van der Waals surface area contributed by atoms with Crippen LogP contribution in [-0.4, -0.2) is 63.9 Å². The quantitative estimate of drug-likeness (QED) is 0.366. The van der Waals surface area contributed by atoms with Gasteiger partial charge >= 0.3 is 5.97 Å². The molecule has 1 N–H and O–H groups in total. The molecule has 0 unspecified atom stereocenters. The molecule has 0 bridgehead atoms. The molecule has 0 heterocycles. The van der Waals surface area contributed by atoms with E-state index in [0.29, 0.717) is 39.6 Å². The highest BCUT2D eigenvalue weighted by molar-refractivity contribution is 5.76. The number of carbonyl (C=O) groups excluding carboxylic acids is 1. The lowest BCUT2D eigenvalue weighted by atomic mass is 9.80. The Balaban J connectivity index is 3.51. The zero-order valence-electron chi connectivity index (χ0n) is 14.3. The molecule has 0 aromatic rings. The summed E-state index contributed by atoms with van der Waals surface area (Å²) < 4.78 is 21.0. The largest absolute Gasteiger partial charge is 0.463 e. The molecule has 6 heteroatoms. The molecular weight excluding hydrogens is 288 g/mol. The first-order valence-electron chi connectivity index (χ1n) is 8.18. The van der Waals surface area contributed by atoms with Crippen molar-refractivity contribution < 1.29 is 28.8 Å². The maximum Gasteiger partial charge on any atom is 0.312 e. The second-order valence-corrected chi connectivity index (χ2v) is 5.04. The number of rotatable bonds is 15. The van der Waals surface area contributed by atoms with Crippen molar-refractivity contribution in [2.24, 2.45) is 5.41 Å². The van der Waals surface area contributed by atoms with Gasteiger partial charge in [-0.2, -0.15) is 0 Å². The van der Waals surface area contributed by atoms with Gasteiger partial charge in [0.05, 0.1) is 51.7 Å². The van der Waals surface area contributed by atoms with Crippen molar-refractivity contribution in [3.05, 3.63) is 0 Å². The minimum absolute atomic E-state index is 0.0250. The Morgan fingerprint density at radius 1 is 0.773 bits per heavy atom. The van der Waals surface area contributed by atoms with Crippen molar-refractivity contribution in [2.75, 3.05) is 52.9 Å². The average molecular weight is 320 g/mol. The van der Waals surface area contributed by atoms with Crippen molar-refractivity contribution in [3.63, 3.8) is 0 Å². The molecule has 0 aromatic carbocycles. The average Bonchev–Trinajstić information content (AvgIpc) is 2.55. The molecule has 0 aliphatic heterocycles. The molecule has 0 rings (SSSR count). The van der Waals surface area contributed by atoms with Crippen LogP contribution in [0, 0.1) is 5.41 Å². The Morgan fingerprint density at radius 3 is 1.59 bits per heavy atom. The fraction of sp³-hybridized carbons (Fsp3) is 0.938. The summed E-state index contributed by atoms with van der Waals surface area (Å²) in [5.41, 5.74) is -0.350. The minimum atomic E-state index is -0.350. The van der Waals surface area contributed by atoms with Gasteiger partial charge in [-0.15, -0.1) is 0 Å². The van der Waals surface area contributed by atoms with E-state index in [4.69, 9.17) is 24.1 Å². The first kappa shape index (κ1) is 21.3. The van der Waals surface area contributed by atoms with Crippen LogP contribution < -0.4 is 0 Å². The molecule has 0 fully saturated rings. The van der Waals surface area contributed by atoms with Crippen LogP contribution in [0.4, 0.5) is 0 Å². The van der Waals surface area contributed by atoms with Gasteiger partial charge in [0.2, 0.25) is 0 Å². The maximum absolute atomic E-state index is 12.1. The predicted molar refractivity (Wildman–Crippen MR) is 83.8 cm³/mol. The lowest BCUT2D eigenvalue weighted by Gasteiger charge is -2.27. The number of aliphatic hydroxyl groups is 1. The summed E-state index contributed by atoms with van der Waals surface area (Å²) in [7, 11) is 0. The first-order valence-corrected chi connectivity index (χ1v) is 8.18. The smallest absolute Gasteiger partial charge is 0.312 e. The van der Waals surface area contributed by atoms with E-state index in [1.165, 1.54) is 0 Å². The molecule has 0 aliphatic rings. The van der Waals surface area contributed by atoms with Crippen molar-refractivity contribution in [3.8, 4) is 0 Å². The second kappa shape index (κ2) is 13.9. The fourth-order valence-corrected chi connectivity index (χ4v) is 2.14. The molecular formula is C16H32O6. The summed E-state index contributed by atoms with van der Waals surface area (Å²) in [5, 5.41) is 8.50. The van der Waals surface area contributed by atoms with Gasteiger partial charge in [0.25, 0.3) is 0 Å². The highest BCUT2D eigenvalue weighted by Gasteiger charge is 2.34. The minimum Gasteiger partial charge on any atom is -0.463 e. The number of hydrogen-bond donors (Lipinski definition) is 1. The lowest BCUT2D eigenvalue weighted by Crippen LogP contribution is -2.32. The molecule has 6 nitrogen and oxygen atoms in total. The standard InChI is InChI=1S/C16H32O6/c1-4-16(5-2,6-3)15(18)22-14-13-21-12-11-20-10-9-19-8-7-17/h17H,4-14H2,1-3H3. The lowest BCUT2D eigenvalue weighted by molar-refractivity contribution is -0.158. The van der Waals surface area contributed by atoms with Crippen molar-refractivity contribution in [1.82, 2.24) is 0 Å². The summed E-state index contributed by atoms with van der Waals surface area (Å²) in [6, 6.07) is 0. The zero-order valence-corrected chi connectivity index (χ0v) is 14.3. The normalized spacial score (nSPS) is 11.6. The number of carbonyl (C=O) groups is 1. The molecule has 0 radical (unpaired) electrons. The summed E-state index contributed by atoms with van der Waals surface area (Å²) >= 11 is 0. The van der Waals surface area contributed by atoms with Crippen LogP contribution in [0.15, 0.2) is 0 Å². The van der Waals surface area contributed by atoms with Crippen molar-refractivity contribution in [2.45, 2.75) is 40.0 Å². The van der Waals surface area contributed by atoms with E-state index >= 15 is 0 Å². The van der Waals surface area contributed by atoms with E-state index in [1.807, 2.05) is 20.8 Å². The van der Waals surface area contributed by atoms with E-state index < -0.39 is 0 Å². The Bertz CT molecular complexity index is 257. The molecule has 0 spiro atoms. The van der Waals surface area contributed by atoms with E-state index in [-0.39, 0.29) is 24.6 Å². The molecule has 0 aliphatic carbocycles. The van der Waals surface area contributed by atoms with E-state index in [2.05, 4.69) is 0 Å². The van der Waals surface area contributed by atoms with Gasteiger partial charge in [-0.25, -0.2) is 0 Å². The molecule has 0 saturated heterocycles. The maximum atomic E-state index is 12.1. The van der Waals surface area contributed by atoms with Crippen LogP contribution in [0.3, 0.4) is 0 Å². The summed E-state index contributed by atoms with van der Waals surface area (Å²) in [6.07, 6.45) is 2.39. The van der Waals surface area contributed by atoms with Gasteiger partial charge in [-0.3, -0.25) is 4.79 Å². The number of aliphatic hydroxyl groups excluding tert-OH is 1. The third kappa shape index (κ3) is 8.68. The topological polar surface area (TPSA) is 74.2 Å². The molecule has 0 amide bonds. The highest BCUT2D eigenvalue weighted by Crippen LogP contribution is 2.31. The van der Waals surface area contributed by atoms with E-state index in [0.717, 1.165) is 19.3 Å². The Hall–Kier alpha value is -0.690. The summed E-state index contributed by atoms with van der Waals surface area (Å²) in [5.74, 6) is -0.124. The van der Waals surface area contributed by atoms with Gasteiger partial charge in [0.1, 0.15) is 6.61 Å². The molecule has 132 valence electrons. The van der Waals surface area contributed by atoms with Gasteiger partial charge in [0, 0.05) is 0 Å². The van der Waals surface area contributed by atoms with E-state index in [9.17, 15) is 4.79 Å². The van der Waals surface area contributed by atoms with Crippen LogP contribution in [0.2, 0.25) is 0 Å². The van der Waals surface area contributed by atoms with Crippen LogP contribution in [0.25, 0.3) is 0 Å². The third-order valence-corrected chi connectivity index (χ3v) is 3.90. The van der Waals surface area contributed by atoms with Crippen molar-refractivity contribution in [1.29, 1.82) is 0 Å².